The highest BCUT2D eigenvalue weighted by molar-refractivity contribution is 14.1. The fourth-order valence-corrected chi connectivity index (χ4v) is 3.01. The SMILES string of the molecule is Cc1cc(OC(=O)CCI)cc(C)c1S(=O)(=O)O. The van der Waals surface area contributed by atoms with Crippen LogP contribution in [-0.4, -0.2) is 23.4 Å². The van der Waals surface area contributed by atoms with E-state index in [-0.39, 0.29) is 16.6 Å². The van der Waals surface area contributed by atoms with Gasteiger partial charge in [0.2, 0.25) is 0 Å². The lowest BCUT2D eigenvalue weighted by Gasteiger charge is -2.10. The number of carbonyl (C=O) groups excluding carboxylic acids is 1. The average molecular weight is 384 g/mol. The topological polar surface area (TPSA) is 80.7 Å². The third-order valence-electron chi connectivity index (χ3n) is 2.22. The first-order valence-electron chi connectivity index (χ1n) is 5.11. The quantitative estimate of drug-likeness (QED) is 0.283. The highest BCUT2D eigenvalue weighted by Gasteiger charge is 2.18. The molecule has 1 aromatic carbocycles. The largest absolute Gasteiger partial charge is 0.426 e. The second-order valence-corrected chi connectivity index (χ2v) is 6.21. The average Bonchev–Trinajstić information content (AvgIpc) is 2.13. The zero-order valence-corrected chi connectivity index (χ0v) is 12.9. The van der Waals surface area contributed by atoms with Crippen LogP contribution in [-0.2, 0) is 14.9 Å². The number of esters is 1. The molecule has 0 aliphatic carbocycles. The van der Waals surface area contributed by atoms with E-state index in [1.54, 1.807) is 0 Å². The van der Waals surface area contributed by atoms with Crippen LogP contribution in [0.3, 0.4) is 0 Å². The van der Waals surface area contributed by atoms with Gasteiger partial charge in [0.15, 0.2) is 0 Å². The third-order valence-corrected chi connectivity index (χ3v) is 3.92. The Morgan fingerprint density at radius 3 is 2.22 bits per heavy atom. The molecule has 100 valence electrons. The first-order valence-corrected chi connectivity index (χ1v) is 8.07. The van der Waals surface area contributed by atoms with Crippen molar-refractivity contribution in [2.75, 3.05) is 4.43 Å². The molecule has 0 amide bonds. The molecule has 0 aliphatic heterocycles. The lowest BCUT2D eigenvalue weighted by atomic mass is 10.1. The monoisotopic (exact) mass is 384 g/mol. The molecule has 0 fully saturated rings. The number of halogens is 1. The molecule has 7 heteroatoms. The minimum atomic E-state index is -4.26. The number of hydrogen-bond acceptors (Lipinski definition) is 4. The van der Waals surface area contributed by atoms with Crippen LogP contribution in [0.1, 0.15) is 17.5 Å². The van der Waals surface area contributed by atoms with Crippen LogP contribution in [0.25, 0.3) is 0 Å². The van der Waals surface area contributed by atoms with Crippen molar-refractivity contribution in [3.8, 4) is 5.75 Å². The fraction of sp³-hybridized carbons (Fsp3) is 0.364. The number of ether oxygens (including phenoxy) is 1. The van der Waals surface area contributed by atoms with E-state index in [1.807, 2.05) is 0 Å². The smallest absolute Gasteiger partial charge is 0.311 e. The number of benzene rings is 1. The van der Waals surface area contributed by atoms with Gasteiger partial charge in [-0.25, -0.2) is 0 Å². The highest BCUT2D eigenvalue weighted by Crippen LogP contribution is 2.25. The maximum atomic E-state index is 11.3. The predicted molar refractivity (Wildman–Crippen MR) is 74.9 cm³/mol. The summed E-state index contributed by atoms with van der Waals surface area (Å²) >= 11 is 2.06. The molecule has 18 heavy (non-hydrogen) atoms. The molecule has 0 bridgehead atoms. The summed E-state index contributed by atoms with van der Waals surface area (Å²) < 4.78 is 37.1. The van der Waals surface area contributed by atoms with Gasteiger partial charge in [-0.05, 0) is 37.1 Å². The number of aryl methyl sites for hydroxylation is 2. The molecular weight excluding hydrogens is 371 g/mol. The molecule has 0 aliphatic rings. The predicted octanol–water partition coefficient (Wildman–Crippen LogP) is 2.28. The van der Waals surface area contributed by atoms with Crippen LogP contribution in [0.15, 0.2) is 17.0 Å². The summed E-state index contributed by atoms with van der Waals surface area (Å²) in [6.45, 7) is 3.07. The Morgan fingerprint density at radius 1 is 1.33 bits per heavy atom. The first-order chi connectivity index (χ1) is 8.25. The van der Waals surface area contributed by atoms with Gasteiger partial charge in [0, 0.05) is 4.43 Å². The Balaban J connectivity index is 3.12. The minimum absolute atomic E-state index is 0.142. The molecule has 0 radical (unpaired) electrons. The summed E-state index contributed by atoms with van der Waals surface area (Å²) in [6.07, 6.45) is 0.290. The van der Waals surface area contributed by atoms with Crippen LogP contribution >= 0.6 is 22.6 Å². The zero-order chi connectivity index (χ0) is 13.9. The molecule has 0 saturated heterocycles. The van der Waals surface area contributed by atoms with Crippen molar-refractivity contribution in [3.05, 3.63) is 23.3 Å². The van der Waals surface area contributed by atoms with E-state index in [0.29, 0.717) is 22.0 Å². The van der Waals surface area contributed by atoms with Crippen molar-refractivity contribution in [1.29, 1.82) is 0 Å². The van der Waals surface area contributed by atoms with E-state index in [2.05, 4.69) is 22.6 Å². The highest BCUT2D eigenvalue weighted by atomic mass is 127. The lowest BCUT2D eigenvalue weighted by Crippen LogP contribution is -2.10. The first kappa shape index (κ1) is 15.4. The van der Waals surface area contributed by atoms with Crippen molar-refractivity contribution in [1.82, 2.24) is 0 Å². The Hall–Kier alpha value is -0.670. The second-order valence-electron chi connectivity index (χ2n) is 3.77. The van der Waals surface area contributed by atoms with E-state index < -0.39 is 10.1 Å². The number of hydrogen-bond donors (Lipinski definition) is 1. The number of rotatable bonds is 4. The van der Waals surface area contributed by atoms with Gasteiger partial charge in [-0.3, -0.25) is 9.35 Å². The van der Waals surface area contributed by atoms with Gasteiger partial charge in [-0.15, -0.1) is 0 Å². The van der Waals surface area contributed by atoms with Crippen LogP contribution in [0.2, 0.25) is 0 Å². The summed E-state index contributed by atoms with van der Waals surface area (Å²) in [4.78, 5) is 11.2. The molecule has 0 aromatic heterocycles. The summed E-state index contributed by atoms with van der Waals surface area (Å²) in [6, 6.07) is 2.84. The van der Waals surface area contributed by atoms with Gasteiger partial charge in [-0.1, -0.05) is 22.6 Å². The molecule has 1 aromatic rings. The minimum Gasteiger partial charge on any atom is -0.426 e. The van der Waals surface area contributed by atoms with Crippen LogP contribution < -0.4 is 4.74 Å². The molecule has 0 atom stereocenters. The van der Waals surface area contributed by atoms with Crippen molar-refractivity contribution in [3.63, 3.8) is 0 Å². The maximum Gasteiger partial charge on any atom is 0.311 e. The molecule has 0 spiro atoms. The van der Waals surface area contributed by atoms with Crippen molar-refractivity contribution in [2.45, 2.75) is 25.2 Å². The fourth-order valence-electron chi connectivity index (χ4n) is 1.64. The van der Waals surface area contributed by atoms with E-state index in [9.17, 15) is 13.2 Å². The van der Waals surface area contributed by atoms with Gasteiger partial charge < -0.3 is 4.74 Å². The molecule has 1 rings (SSSR count). The third kappa shape index (κ3) is 3.92. The van der Waals surface area contributed by atoms with Crippen molar-refractivity contribution >= 4 is 38.7 Å². The number of alkyl halides is 1. The molecule has 0 heterocycles. The lowest BCUT2D eigenvalue weighted by molar-refractivity contribution is -0.133. The van der Waals surface area contributed by atoms with E-state index in [4.69, 9.17) is 9.29 Å². The van der Waals surface area contributed by atoms with Gasteiger partial charge >= 0.3 is 5.97 Å². The zero-order valence-electron chi connectivity index (χ0n) is 9.94. The summed E-state index contributed by atoms with van der Waals surface area (Å²) in [5.74, 6) is -0.0879. The van der Waals surface area contributed by atoms with E-state index >= 15 is 0 Å². The van der Waals surface area contributed by atoms with Crippen LogP contribution in [0.5, 0.6) is 5.75 Å². The summed E-state index contributed by atoms with van der Waals surface area (Å²) in [5, 5.41) is 0. The van der Waals surface area contributed by atoms with Crippen LogP contribution in [0.4, 0.5) is 0 Å². The Labute approximate surface area is 119 Å². The maximum absolute atomic E-state index is 11.3. The molecular formula is C11H13IO5S. The summed E-state index contributed by atoms with van der Waals surface area (Å²) in [7, 11) is -4.26. The summed E-state index contributed by atoms with van der Waals surface area (Å²) in [5.41, 5.74) is 0.685. The molecule has 5 nitrogen and oxygen atoms in total. The number of carbonyl (C=O) groups is 1. The Bertz CT molecular complexity index is 542. The van der Waals surface area contributed by atoms with Gasteiger partial charge in [0.1, 0.15) is 5.75 Å². The molecule has 0 saturated carbocycles. The Morgan fingerprint density at radius 2 is 1.83 bits per heavy atom. The molecule has 1 N–H and O–H groups in total. The van der Waals surface area contributed by atoms with Gasteiger partial charge in [-0.2, -0.15) is 8.42 Å². The van der Waals surface area contributed by atoms with E-state index in [1.165, 1.54) is 26.0 Å². The molecule has 0 unspecified atom stereocenters. The van der Waals surface area contributed by atoms with Crippen molar-refractivity contribution < 1.29 is 22.5 Å². The van der Waals surface area contributed by atoms with Crippen molar-refractivity contribution in [2.24, 2.45) is 0 Å². The van der Waals surface area contributed by atoms with E-state index in [0.717, 1.165) is 0 Å². The van der Waals surface area contributed by atoms with Gasteiger partial charge in [0.25, 0.3) is 10.1 Å². The normalized spacial score (nSPS) is 11.3. The van der Waals surface area contributed by atoms with Crippen LogP contribution in [0, 0.1) is 13.8 Å². The Kier molecular flexibility index (Phi) is 5.11. The van der Waals surface area contributed by atoms with Gasteiger partial charge in [0.05, 0.1) is 11.3 Å². The second kappa shape index (κ2) is 5.98. The standard InChI is InChI=1S/C11H13IO5S/c1-7-5-9(17-10(13)3-4-12)6-8(2)11(7)18(14,15)16/h5-6H,3-4H2,1-2H3,(H,14,15,16).